The number of halogens is 3. The van der Waals surface area contributed by atoms with Crippen LogP contribution in [0.25, 0.3) is 11.3 Å². The van der Waals surface area contributed by atoms with Crippen LogP contribution in [0.1, 0.15) is 30.5 Å². The van der Waals surface area contributed by atoms with Crippen LogP contribution in [0.2, 0.25) is 0 Å². The lowest BCUT2D eigenvalue weighted by Gasteiger charge is -2.48. The number of benzene rings is 1. The monoisotopic (exact) mass is 422 g/mol. The molecular weight excluding hydrogens is 401 g/mol. The highest BCUT2D eigenvalue weighted by Crippen LogP contribution is 2.32. The second kappa shape index (κ2) is 7.75. The third-order valence-electron chi connectivity index (χ3n) is 5.76. The van der Waals surface area contributed by atoms with Gasteiger partial charge in [0.15, 0.2) is 5.76 Å². The molecule has 1 aromatic carbocycles. The lowest BCUT2D eigenvalue weighted by atomic mass is 9.80. The molecule has 3 unspecified atom stereocenters. The fourth-order valence-electron chi connectivity index (χ4n) is 4.12. The van der Waals surface area contributed by atoms with Crippen LogP contribution in [-0.4, -0.2) is 53.0 Å². The smallest absolute Gasteiger partial charge is 0.432 e. The van der Waals surface area contributed by atoms with Gasteiger partial charge < -0.3 is 15.1 Å². The van der Waals surface area contributed by atoms with Crippen molar-refractivity contribution < 1.29 is 27.2 Å². The summed E-state index contributed by atoms with van der Waals surface area (Å²) in [7, 11) is 0. The zero-order valence-electron chi connectivity index (χ0n) is 16.2. The first-order valence-electron chi connectivity index (χ1n) is 9.70. The van der Waals surface area contributed by atoms with Crippen molar-refractivity contribution in [2.45, 2.75) is 38.0 Å². The first kappa shape index (κ1) is 20.4. The average Bonchev–Trinajstić information content (AvgIpc) is 3.19. The molecule has 3 aliphatic heterocycles. The molecule has 1 aromatic heterocycles. The number of nitrogens with one attached hydrogen (secondary N) is 2. The van der Waals surface area contributed by atoms with Crippen LogP contribution in [0.5, 0.6) is 0 Å². The highest BCUT2D eigenvalue weighted by molar-refractivity contribution is 5.95. The third kappa shape index (κ3) is 4.18. The van der Waals surface area contributed by atoms with Crippen molar-refractivity contribution in [2.24, 2.45) is 5.92 Å². The van der Waals surface area contributed by atoms with Gasteiger partial charge in [0.25, 0.3) is 5.89 Å². The highest BCUT2D eigenvalue weighted by Gasteiger charge is 2.39. The van der Waals surface area contributed by atoms with Crippen LogP contribution in [0, 0.1) is 5.92 Å². The zero-order valence-corrected chi connectivity index (χ0v) is 16.2. The maximum atomic E-state index is 12.5. The van der Waals surface area contributed by atoms with E-state index < -0.39 is 12.1 Å². The average molecular weight is 422 g/mol. The molecule has 2 aromatic rings. The number of carbonyl (C=O) groups is 2. The van der Waals surface area contributed by atoms with E-state index in [1.807, 2.05) is 0 Å². The highest BCUT2D eigenvalue weighted by atomic mass is 19.4. The van der Waals surface area contributed by atoms with Crippen molar-refractivity contribution >= 4 is 17.5 Å². The van der Waals surface area contributed by atoms with Crippen molar-refractivity contribution in [3.05, 3.63) is 36.4 Å². The van der Waals surface area contributed by atoms with Gasteiger partial charge >= 0.3 is 18.0 Å². The standard InChI is InChI=1S/C20H21F3N4O3/c1-11-8-13-6-7-27(11)10-15(13)26-17(28)18-24-9-16(30-18)12-2-4-14(5-3-12)25-19(29)20(21,22)23/h2-5,9,11,13,15H,6-8,10H2,1H3,(H,25,29)(H,26,28)/t11?,13?,15-/m0/s1. The van der Waals surface area contributed by atoms with Crippen molar-refractivity contribution in [2.75, 3.05) is 18.4 Å². The molecule has 0 saturated carbocycles. The zero-order chi connectivity index (χ0) is 21.5. The summed E-state index contributed by atoms with van der Waals surface area (Å²) >= 11 is 0. The Balaban J connectivity index is 1.39. The van der Waals surface area contributed by atoms with Gasteiger partial charge in [0.1, 0.15) is 0 Å². The summed E-state index contributed by atoms with van der Waals surface area (Å²) in [5, 5.41) is 4.77. The molecule has 3 saturated heterocycles. The number of aromatic nitrogens is 1. The van der Waals surface area contributed by atoms with Gasteiger partial charge in [0, 0.05) is 29.9 Å². The SMILES string of the molecule is CC1CC2CCN1C[C@@H]2NC(=O)c1ncc(-c2ccc(NC(=O)C(F)(F)F)cc2)o1. The van der Waals surface area contributed by atoms with Crippen molar-refractivity contribution in [1.29, 1.82) is 0 Å². The van der Waals surface area contributed by atoms with E-state index in [-0.39, 0.29) is 23.5 Å². The number of anilines is 1. The minimum Gasteiger partial charge on any atom is -0.432 e. The summed E-state index contributed by atoms with van der Waals surface area (Å²) in [5.74, 6) is -1.75. The maximum absolute atomic E-state index is 12.5. The van der Waals surface area contributed by atoms with Crippen LogP contribution in [0.3, 0.4) is 0 Å². The first-order chi connectivity index (χ1) is 14.2. The van der Waals surface area contributed by atoms with Crippen LogP contribution in [-0.2, 0) is 4.79 Å². The number of alkyl halides is 3. The number of rotatable bonds is 4. The maximum Gasteiger partial charge on any atom is 0.471 e. The summed E-state index contributed by atoms with van der Waals surface area (Å²) < 4.78 is 42.5. The summed E-state index contributed by atoms with van der Waals surface area (Å²) in [6.45, 7) is 4.07. The van der Waals surface area contributed by atoms with Crippen LogP contribution in [0.15, 0.2) is 34.9 Å². The summed E-state index contributed by atoms with van der Waals surface area (Å²) in [5.41, 5.74) is 0.512. The largest absolute Gasteiger partial charge is 0.471 e. The van der Waals surface area contributed by atoms with Crippen LogP contribution < -0.4 is 10.6 Å². The molecule has 3 aliphatic rings. The minimum atomic E-state index is -4.96. The van der Waals surface area contributed by atoms with Gasteiger partial charge in [-0.2, -0.15) is 13.2 Å². The molecule has 5 rings (SSSR count). The molecule has 30 heavy (non-hydrogen) atoms. The summed E-state index contributed by atoms with van der Waals surface area (Å²) in [6, 6.07) is 6.18. The van der Waals surface area contributed by atoms with Gasteiger partial charge in [-0.05, 0) is 56.5 Å². The molecule has 2 bridgehead atoms. The Kier molecular flexibility index (Phi) is 5.27. The predicted molar refractivity (Wildman–Crippen MR) is 102 cm³/mol. The lowest BCUT2D eigenvalue weighted by molar-refractivity contribution is -0.167. The van der Waals surface area contributed by atoms with Crippen molar-refractivity contribution in [3.63, 3.8) is 0 Å². The van der Waals surface area contributed by atoms with E-state index in [1.54, 1.807) is 5.32 Å². The van der Waals surface area contributed by atoms with E-state index in [4.69, 9.17) is 4.42 Å². The van der Waals surface area contributed by atoms with E-state index in [9.17, 15) is 22.8 Å². The molecule has 0 aliphatic carbocycles. The number of carbonyl (C=O) groups excluding carboxylic acids is 2. The van der Waals surface area contributed by atoms with Crippen molar-refractivity contribution in [1.82, 2.24) is 15.2 Å². The molecule has 0 radical (unpaired) electrons. The Hall–Kier alpha value is -2.88. The Morgan fingerprint density at radius 1 is 1.23 bits per heavy atom. The van der Waals surface area contributed by atoms with Gasteiger partial charge in [-0.15, -0.1) is 0 Å². The molecular formula is C20H21F3N4O3. The van der Waals surface area contributed by atoms with E-state index in [2.05, 4.69) is 22.1 Å². The summed E-state index contributed by atoms with van der Waals surface area (Å²) in [4.78, 5) is 29.9. The quantitative estimate of drug-likeness (QED) is 0.791. The van der Waals surface area contributed by atoms with Gasteiger partial charge in [-0.25, -0.2) is 4.98 Å². The predicted octanol–water partition coefficient (Wildman–Crippen LogP) is 3.05. The van der Waals surface area contributed by atoms with Gasteiger partial charge in [0.05, 0.1) is 6.20 Å². The number of hydrogen-bond donors (Lipinski definition) is 2. The van der Waals surface area contributed by atoms with E-state index in [0.29, 0.717) is 23.3 Å². The first-order valence-corrected chi connectivity index (χ1v) is 9.70. The molecule has 4 heterocycles. The molecule has 2 N–H and O–H groups in total. The normalized spacial score (nSPS) is 25.7. The van der Waals surface area contributed by atoms with Gasteiger partial charge in [0.2, 0.25) is 0 Å². The van der Waals surface area contributed by atoms with Crippen LogP contribution in [0.4, 0.5) is 18.9 Å². The Bertz CT molecular complexity index is 942. The summed E-state index contributed by atoms with van der Waals surface area (Å²) in [6.07, 6.45) is -1.46. The van der Waals surface area contributed by atoms with E-state index >= 15 is 0 Å². The lowest BCUT2D eigenvalue weighted by Crippen LogP contribution is -2.60. The minimum absolute atomic E-state index is 0.00450. The number of nitrogens with zero attached hydrogens (tertiary/aromatic N) is 2. The van der Waals surface area contributed by atoms with Gasteiger partial charge in [-0.1, -0.05) is 0 Å². The Morgan fingerprint density at radius 2 is 1.97 bits per heavy atom. The van der Waals surface area contributed by atoms with Crippen LogP contribution >= 0.6 is 0 Å². The van der Waals surface area contributed by atoms with E-state index in [1.165, 1.54) is 30.5 Å². The Morgan fingerprint density at radius 3 is 2.57 bits per heavy atom. The molecule has 4 atom stereocenters. The number of amides is 2. The number of oxazole rings is 1. The van der Waals surface area contributed by atoms with Crippen molar-refractivity contribution in [3.8, 4) is 11.3 Å². The molecule has 10 heteroatoms. The second-order valence-corrected chi connectivity index (χ2v) is 7.77. The molecule has 7 nitrogen and oxygen atoms in total. The Labute approximate surface area is 170 Å². The number of fused-ring (bicyclic) bond motifs is 3. The second-order valence-electron chi connectivity index (χ2n) is 7.77. The van der Waals surface area contributed by atoms with Gasteiger partial charge in [-0.3, -0.25) is 14.5 Å². The number of piperidine rings is 3. The molecule has 160 valence electrons. The molecule has 0 spiro atoms. The fourth-order valence-corrected chi connectivity index (χ4v) is 4.12. The topological polar surface area (TPSA) is 87.5 Å². The molecule has 2 amide bonds. The fraction of sp³-hybridized carbons (Fsp3) is 0.450. The third-order valence-corrected chi connectivity index (χ3v) is 5.76. The molecule has 3 fully saturated rings. The van der Waals surface area contributed by atoms with E-state index in [0.717, 1.165) is 25.9 Å². The number of hydrogen-bond acceptors (Lipinski definition) is 5.